The monoisotopic (exact) mass is 536 g/mol. The highest BCUT2D eigenvalue weighted by atomic mass is 16.6. The number of hydrogen-bond acceptors (Lipinski definition) is 6. The molecule has 6 atom stereocenters. The molecule has 8 heteroatoms. The summed E-state index contributed by atoms with van der Waals surface area (Å²) in [5.74, 6) is -3.15. The molecule has 1 aromatic rings. The van der Waals surface area contributed by atoms with Gasteiger partial charge < -0.3 is 24.4 Å². The van der Waals surface area contributed by atoms with E-state index >= 15 is 0 Å². The van der Waals surface area contributed by atoms with Gasteiger partial charge in [-0.3, -0.25) is 14.4 Å². The summed E-state index contributed by atoms with van der Waals surface area (Å²) < 4.78 is 12.6. The molecule has 0 aromatic heterocycles. The molecular formula is C31H40N2O6. The molecular weight excluding hydrogens is 496 g/mol. The summed E-state index contributed by atoms with van der Waals surface area (Å²) in [6.45, 7) is 9.85. The molecule has 4 heterocycles. The van der Waals surface area contributed by atoms with Crippen LogP contribution in [0.1, 0.15) is 51.2 Å². The van der Waals surface area contributed by atoms with Gasteiger partial charge in [-0.1, -0.05) is 50.3 Å². The van der Waals surface area contributed by atoms with Crippen LogP contribution in [0.3, 0.4) is 0 Å². The number of anilines is 1. The number of amides is 2. The molecule has 210 valence electrons. The summed E-state index contributed by atoms with van der Waals surface area (Å²) in [5, 5.41) is 10.5. The first-order valence-corrected chi connectivity index (χ1v) is 14.1. The highest BCUT2D eigenvalue weighted by Crippen LogP contribution is 2.58. The number of nitrogens with zero attached hydrogens (tertiary/aromatic N) is 2. The van der Waals surface area contributed by atoms with Crippen molar-refractivity contribution in [3.8, 4) is 0 Å². The second-order valence-corrected chi connectivity index (χ2v) is 11.9. The van der Waals surface area contributed by atoms with E-state index in [-0.39, 0.29) is 30.9 Å². The summed E-state index contributed by atoms with van der Waals surface area (Å²) in [6.07, 6.45) is 10.0. The van der Waals surface area contributed by atoms with E-state index in [2.05, 4.69) is 0 Å². The first-order chi connectivity index (χ1) is 18.6. The second kappa shape index (κ2) is 10.2. The van der Waals surface area contributed by atoms with Crippen molar-refractivity contribution in [2.45, 2.75) is 77.2 Å². The minimum atomic E-state index is -1.39. The molecule has 4 aliphatic heterocycles. The number of carbonyl (C=O) groups is 3. The van der Waals surface area contributed by atoms with Gasteiger partial charge in [0.1, 0.15) is 17.6 Å². The number of ether oxygens (including phenoxy) is 2. The van der Waals surface area contributed by atoms with Crippen molar-refractivity contribution in [3.63, 3.8) is 0 Å². The zero-order valence-electron chi connectivity index (χ0n) is 23.6. The van der Waals surface area contributed by atoms with E-state index < -0.39 is 41.1 Å². The molecule has 8 nitrogen and oxygen atoms in total. The maximum Gasteiger partial charge on any atom is 0.313 e. The molecule has 1 unspecified atom stereocenters. The minimum Gasteiger partial charge on any atom is -0.465 e. The van der Waals surface area contributed by atoms with Crippen LogP contribution in [-0.4, -0.2) is 70.8 Å². The van der Waals surface area contributed by atoms with Gasteiger partial charge in [0.05, 0.1) is 30.8 Å². The number of likely N-dealkylation sites (tertiary alicyclic amines) is 1. The molecule has 1 aromatic carbocycles. The van der Waals surface area contributed by atoms with Crippen LogP contribution in [-0.2, 0) is 23.9 Å². The molecule has 0 bridgehead atoms. The molecule has 0 radical (unpaired) electrons. The van der Waals surface area contributed by atoms with Gasteiger partial charge in [-0.25, -0.2) is 0 Å². The van der Waals surface area contributed by atoms with Gasteiger partial charge in [-0.05, 0) is 63.1 Å². The Morgan fingerprint density at radius 2 is 1.82 bits per heavy atom. The Morgan fingerprint density at radius 1 is 1.05 bits per heavy atom. The number of allylic oxidation sites excluding steroid dienone is 1. The first-order valence-electron chi connectivity index (χ1n) is 14.1. The Balaban J connectivity index is 1.70. The van der Waals surface area contributed by atoms with E-state index in [1.807, 2.05) is 77.1 Å². The van der Waals surface area contributed by atoms with Gasteiger partial charge in [0.2, 0.25) is 5.91 Å². The summed E-state index contributed by atoms with van der Waals surface area (Å²) in [6, 6.07) is 4.28. The van der Waals surface area contributed by atoms with Crippen LogP contribution in [0.2, 0.25) is 0 Å². The van der Waals surface area contributed by atoms with E-state index in [9.17, 15) is 19.5 Å². The summed E-state index contributed by atoms with van der Waals surface area (Å²) in [5.41, 5.74) is 0.199. The van der Waals surface area contributed by atoms with E-state index in [1.54, 1.807) is 4.90 Å². The standard InChI is InChI=1S/C31H40N2O6/c1-19(2)23(18-34)33-26-28(36)32(22-17-20(3)11-12-21(22)4)15-10-14-31(26)24(27(33)35)25-29(37)38-16-9-7-6-8-13-30(25,5)39-31/h8,10-14,17,19,23-26,34H,6-7,9,15-16,18H2,1-5H3/b13-8-/t23-,24-,25-,26?,30+,31-/m0/s1. The smallest absolute Gasteiger partial charge is 0.313 e. The molecule has 2 amide bonds. The number of aliphatic hydroxyl groups excluding tert-OH is 1. The van der Waals surface area contributed by atoms with Gasteiger partial charge in [0.15, 0.2) is 0 Å². The molecule has 4 aliphatic rings. The van der Waals surface area contributed by atoms with Crippen molar-refractivity contribution in [2.24, 2.45) is 17.8 Å². The second-order valence-electron chi connectivity index (χ2n) is 11.9. The van der Waals surface area contributed by atoms with Crippen molar-refractivity contribution in [1.82, 2.24) is 4.90 Å². The van der Waals surface area contributed by atoms with Gasteiger partial charge in [0.25, 0.3) is 5.91 Å². The van der Waals surface area contributed by atoms with Gasteiger partial charge >= 0.3 is 5.97 Å². The number of benzene rings is 1. The maximum absolute atomic E-state index is 14.7. The number of cyclic esters (lactones) is 1. The lowest BCUT2D eigenvalue weighted by atomic mass is 9.74. The molecule has 5 rings (SSSR count). The lowest BCUT2D eigenvalue weighted by Crippen LogP contribution is -2.59. The number of hydrogen-bond donors (Lipinski definition) is 1. The Bertz CT molecular complexity index is 1220. The summed E-state index contributed by atoms with van der Waals surface area (Å²) in [4.78, 5) is 46.0. The number of esters is 1. The highest BCUT2D eigenvalue weighted by molar-refractivity contribution is 6.06. The zero-order chi connectivity index (χ0) is 28.1. The average Bonchev–Trinajstić information content (AvgIpc) is 3.21. The van der Waals surface area contributed by atoms with Crippen molar-refractivity contribution in [3.05, 3.63) is 53.6 Å². The quantitative estimate of drug-likeness (QED) is 0.468. The Hall–Kier alpha value is -2.97. The molecule has 2 saturated heterocycles. The third-order valence-corrected chi connectivity index (χ3v) is 8.91. The predicted molar refractivity (Wildman–Crippen MR) is 147 cm³/mol. The number of fused-ring (bicyclic) bond motifs is 2. The molecule has 1 spiro atoms. The average molecular weight is 537 g/mol. The van der Waals surface area contributed by atoms with Crippen molar-refractivity contribution in [1.29, 1.82) is 0 Å². The normalized spacial score (nSPS) is 34.3. The fourth-order valence-corrected chi connectivity index (χ4v) is 6.94. The fraction of sp³-hybridized carbons (Fsp3) is 0.581. The number of aliphatic hydroxyl groups is 1. The van der Waals surface area contributed by atoms with Crippen molar-refractivity contribution < 1.29 is 29.0 Å². The van der Waals surface area contributed by atoms with E-state index in [1.165, 1.54) is 4.90 Å². The largest absolute Gasteiger partial charge is 0.465 e. The van der Waals surface area contributed by atoms with E-state index in [4.69, 9.17) is 9.47 Å². The number of carbonyl (C=O) groups excluding carboxylic acids is 3. The first kappa shape index (κ1) is 27.6. The van der Waals surface area contributed by atoms with Crippen LogP contribution in [0.25, 0.3) is 0 Å². The van der Waals surface area contributed by atoms with Crippen LogP contribution >= 0.6 is 0 Å². The van der Waals surface area contributed by atoms with E-state index in [0.29, 0.717) is 6.54 Å². The van der Waals surface area contributed by atoms with Crippen LogP contribution < -0.4 is 4.90 Å². The van der Waals surface area contributed by atoms with Crippen LogP contribution in [0.5, 0.6) is 0 Å². The van der Waals surface area contributed by atoms with Gasteiger partial charge in [-0.2, -0.15) is 0 Å². The fourth-order valence-electron chi connectivity index (χ4n) is 6.94. The Labute approximate surface area is 230 Å². The lowest BCUT2D eigenvalue weighted by Gasteiger charge is -2.41. The Kier molecular flexibility index (Phi) is 7.22. The SMILES string of the molecule is Cc1ccc(C)c(N2CC=C[C@]34O[C@]5(C)/C=C\CCCCOC(=O)[C@@H]5[C@H]3C(=O)N([C@@H](CO)C(C)C)C4C2=O)c1. The molecule has 2 fully saturated rings. The zero-order valence-corrected chi connectivity index (χ0v) is 23.6. The van der Waals surface area contributed by atoms with Crippen molar-refractivity contribution in [2.75, 3.05) is 24.7 Å². The Morgan fingerprint density at radius 3 is 2.54 bits per heavy atom. The number of rotatable bonds is 4. The van der Waals surface area contributed by atoms with Crippen LogP contribution in [0.15, 0.2) is 42.5 Å². The van der Waals surface area contributed by atoms with Crippen LogP contribution in [0.4, 0.5) is 5.69 Å². The molecule has 0 saturated carbocycles. The van der Waals surface area contributed by atoms with Gasteiger partial charge in [0, 0.05) is 12.2 Å². The highest BCUT2D eigenvalue weighted by Gasteiger charge is 2.75. The molecule has 0 aliphatic carbocycles. The third-order valence-electron chi connectivity index (χ3n) is 8.91. The predicted octanol–water partition coefficient (Wildman–Crippen LogP) is 3.48. The van der Waals surface area contributed by atoms with Gasteiger partial charge in [-0.15, -0.1) is 0 Å². The molecule has 1 N–H and O–H groups in total. The summed E-state index contributed by atoms with van der Waals surface area (Å²) >= 11 is 0. The topological polar surface area (TPSA) is 96.4 Å². The third kappa shape index (κ3) is 4.32. The van der Waals surface area contributed by atoms with E-state index in [0.717, 1.165) is 36.1 Å². The minimum absolute atomic E-state index is 0.133. The number of aryl methyl sites for hydroxylation is 2. The maximum atomic E-state index is 14.7. The molecule has 39 heavy (non-hydrogen) atoms. The van der Waals surface area contributed by atoms with Crippen LogP contribution in [0, 0.1) is 31.6 Å². The summed E-state index contributed by atoms with van der Waals surface area (Å²) in [7, 11) is 0. The van der Waals surface area contributed by atoms with Crippen molar-refractivity contribution >= 4 is 23.5 Å². The lowest BCUT2D eigenvalue weighted by molar-refractivity contribution is -0.160.